The van der Waals surface area contributed by atoms with Crippen molar-refractivity contribution in [1.29, 1.82) is 0 Å². The average Bonchev–Trinajstić information content (AvgIpc) is 2.43. The van der Waals surface area contributed by atoms with Gasteiger partial charge >= 0.3 is 0 Å². The van der Waals surface area contributed by atoms with Gasteiger partial charge in [0.25, 0.3) is 0 Å². The molecule has 0 aliphatic rings. The normalized spacial score (nSPS) is 12.4. The highest BCUT2D eigenvalue weighted by Crippen LogP contribution is 2.20. The fourth-order valence-electron chi connectivity index (χ4n) is 2.59. The van der Waals surface area contributed by atoms with E-state index in [2.05, 4.69) is 41.0 Å². The van der Waals surface area contributed by atoms with Crippen molar-refractivity contribution in [3.63, 3.8) is 0 Å². The predicted octanol–water partition coefficient (Wildman–Crippen LogP) is 2.86. The molecule has 112 valence electrons. The molecule has 2 aromatic rings. The summed E-state index contributed by atoms with van der Waals surface area (Å²) in [5, 5.41) is 3.22. The average molecular weight is 284 g/mol. The van der Waals surface area contributed by atoms with E-state index >= 15 is 0 Å². The minimum absolute atomic E-state index is 0.568. The molecule has 0 saturated heterocycles. The smallest absolute Gasteiger partial charge is 0.178 e. The van der Waals surface area contributed by atoms with Crippen LogP contribution in [0.5, 0.6) is 0 Å². The van der Waals surface area contributed by atoms with E-state index in [4.69, 9.17) is 0 Å². The van der Waals surface area contributed by atoms with Gasteiger partial charge < -0.3 is 5.32 Å². The summed E-state index contributed by atoms with van der Waals surface area (Å²) in [7, 11) is 1.99. The number of rotatable bonds is 5. The van der Waals surface area contributed by atoms with Crippen LogP contribution in [0.4, 0.5) is 0 Å². The number of nitrogens with zero attached hydrogens (tertiary/aromatic N) is 3. The third-order valence-corrected chi connectivity index (χ3v) is 3.64. The van der Waals surface area contributed by atoms with Crippen molar-refractivity contribution in [2.45, 2.75) is 34.1 Å². The fourth-order valence-corrected chi connectivity index (χ4v) is 2.59. The van der Waals surface area contributed by atoms with Crippen LogP contribution >= 0.6 is 0 Å². The van der Waals surface area contributed by atoms with Gasteiger partial charge in [-0.2, -0.15) is 0 Å². The van der Waals surface area contributed by atoms with Crippen molar-refractivity contribution in [2.75, 3.05) is 13.6 Å². The topological polar surface area (TPSA) is 50.7 Å². The van der Waals surface area contributed by atoms with Crippen molar-refractivity contribution >= 4 is 0 Å². The Hall–Kier alpha value is -1.81. The highest BCUT2D eigenvalue weighted by Gasteiger charge is 2.13. The molecule has 0 spiro atoms. The van der Waals surface area contributed by atoms with Crippen LogP contribution in [0.1, 0.15) is 29.6 Å². The zero-order chi connectivity index (χ0) is 15.4. The minimum Gasteiger partial charge on any atom is -0.319 e. The molecule has 0 radical (unpaired) electrons. The van der Waals surface area contributed by atoms with Crippen LogP contribution in [0.2, 0.25) is 0 Å². The van der Waals surface area contributed by atoms with E-state index in [1.807, 2.05) is 32.2 Å². The number of aromatic nitrogens is 3. The van der Waals surface area contributed by atoms with Gasteiger partial charge in [-0.1, -0.05) is 13.0 Å². The van der Waals surface area contributed by atoms with E-state index < -0.39 is 0 Å². The molecule has 0 aromatic carbocycles. The Labute approximate surface area is 127 Å². The maximum Gasteiger partial charge on any atom is 0.178 e. The van der Waals surface area contributed by atoms with Gasteiger partial charge in [-0.3, -0.25) is 0 Å². The molecular formula is C17H24N4. The van der Waals surface area contributed by atoms with Gasteiger partial charge in [-0.25, -0.2) is 15.0 Å². The highest BCUT2D eigenvalue weighted by atomic mass is 14.9. The van der Waals surface area contributed by atoms with Crippen molar-refractivity contribution < 1.29 is 0 Å². The maximum absolute atomic E-state index is 4.66. The van der Waals surface area contributed by atoms with E-state index in [-0.39, 0.29) is 0 Å². The molecule has 0 fully saturated rings. The molecule has 0 saturated carbocycles. The van der Waals surface area contributed by atoms with Gasteiger partial charge in [0.15, 0.2) is 5.82 Å². The molecule has 0 aliphatic carbocycles. The summed E-state index contributed by atoms with van der Waals surface area (Å²) in [6.07, 6.45) is 1.00. The summed E-state index contributed by atoms with van der Waals surface area (Å²) in [5.41, 5.74) is 5.20. The fraction of sp³-hybridized carbons (Fsp3) is 0.471. The van der Waals surface area contributed by atoms with Crippen molar-refractivity contribution in [3.05, 3.63) is 40.8 Å². The lowest BCUT2D eigenvalue weighted by molar-refractivity contribution is 0.537. The summed E-state index contributed by atoms with van der Waals surface area (Å²) in [4.78, 5) is 13.8. The third kappa shape index (κ3) is 3.85. The Balaban J connectivity index is 2.33. The second kappa shape index (κ2) is 6.76. The number of hydrogen-bond acceptors (Lipinski definition) is 4. The molecule has 1 N–H and O–H groups in total. The van der Waals surface area contributed by atoms with Crippen LogP contribution in [0.15, 0.2) is 18.2 Å². The van der Waals surface area contributed by atoms with Gasteiger partial charge in [-0.05, 0) is 64.4 Å². The second-order valence-corrected chi connectivity index (χ2v) is 5.73. The molecule has 2 rings (SSSR count). The van der Waals surface area contributed by atoms with Crippen LogP contribution in [-0.2, 0) is 6.42 Å². The van der Waals surface area contributed by atoms with E-state index in [9.17, 15) is 0 Å². The van der Waals surface area contributed by atoms with Crippen molar-refractivity contribution in [2.24, 2.45) is 5.92 Å². The molecule has 4 heteroatoms. The monoisotopic (exact) mass is 284 g/mol. The zero-order valence-electron chi connectivity index (χ0n) is 13.6. The van der Waals surface area contributed by atoms with Gasteiger partial charge in [-0.15, -0.1) is 0 Å². The Kier molecular flexibility index (Phi) is 5.02. The first-order valence-electron chi connectivity index (χ1n) is 7.44. The summed E-state index contributed by atoms with van der Waals surface area (Å²) < 4.78 is 0. The Morgan fingerprint density at radius 1 is 1.05 bits per heavy atom. The number of nitrogens with one attached hydrogen (secondary N) is 1. The molecule has 1 atom stereocenters. The van der Waals surface area contributed by atoms with Gasteiger partial charge in [0.05, 0.1) is 0 Å². The van der Waals surface area contributed by atoms with E-state index in [1.165, 1.54) is 5.56 Å². The molecule has 0 amide bonds. The molecule has 0 aliphatic heterocycles. The molecule has 2 aromatic heterocycles. The molecule has 0 bridgehead atoms. The van der Waals surface area contributed by atoms with Crippen LogP contribution in [0.25, 0.3) is 11.5 Å². The molecule has 2 heterocycles. The minimum atomic E-state index is 0.568. The lowest BCUT2D eigenvalue weighted by atomic mass is 9.98. The molecular weight excluding hydrogens is 260 g/mol. The Morgan fingerprint density at radius 2 is 1.71 bits per heavy atom. The lowest BCUT2D eigenvalue weighted by Gasteiger charge is -2.15. The summed E-state index contributed by atoms with van der Waals surface area (Å²) in [6, 6.07) is 5.94. The van der Waals surface area contributed by atoms with Crippen molar-refractivity contribution in [1.82, 2.24) is 20.3 Å². The zero-order valence-corrected chi connectivity index (χ0v) is 13.6. The Morgan fingerprint density at radius 3 is 2.29 bits per heavy atom. The number of pyridine rings is 1. The lowest BCUT2D eigenvalue weighted by Crippen LogP contribution is -2.19. The largest absolute Gasteiger partial charge is 0.319 e. The van der Waals surface area contributed by atoms with Crippen LogP contribution in [-0.4, -0.2) is 28.5 Å². The highest BCUT2D eigenvalue weighted by molar-refractivity contribution is 5.50. The maximum atomic E-state index is 4.66. The van der Waals surface area contributed by atoms with Gasteiger partial charge in [0.2, 0.25) is 0 Å². The summed E-state index contributed by atoms with van der Waals surface area (Å²) in [6.45, 7) is 9.35. The first-order chi connectivity index (χ1) is 10.0. The summed E-state index contributed by atoms with van der Waals surface area (Å²) in [5.74, 6) is 1.29. The van der Waals surface area contributed by atoms with E-state index in [0.29, 0.717) is 5.92 Å². The summed E-state index contributed by atoms with van der Waals surface area (Å²) >= 11 is 0. The number of aryl methyl sites for hydroxylation is 3. The Bertz CT molecular complexity index is 599. The second-order valence-electron chi connectivity index (χ2n) is 5.73. The SMILES string of the molecule is CNCC(C)Cc1c(C)nc(-c2cccc(C)n2)nc1C. The molecule has 4 nitrogen and oxygen atoms in total. The van der Waals surface area contributed by atoms with Gasteiger partial charge in [0.1, 0.15) is 5.69 Å². The van der Waals surface area contributed by atoms with Crippen molar-refractivity contribution in [3.8, 4) is 11.5 Å². The predicted molar refractivity (Wildman–Crippen MR) is 86.3 cm³/mol. The van der Waals surface area contributed by atoms with Crippen LogP contribution in [0.3, 0.4) is 0 Å². The van der Waals surface area contributed by atoms with Crippen LogP contribution in [0, 0.1) is 26.7 Å². The number of hydrogen-bond donors (Lipinski definition) is 1. The van der Waals surface area contributed by atoms with E-state index in [0.717, 1.165) is 41.6 Å². The first kappa shape index (κ1) is 15.6. The molecule has 1 unspecified atom stereocenters. The third-order valence-electron chi connectivity index (χ3n) is 3.64. The standard InChI is InChI=1S/C17H24N4/c1-11(10-18-5)9-15-13(3)20-17(21-14(15)4)16-8-6-7-12(2)19-16/h6-8,11,18H,9-10H2,1-5H3. The first-order valence-corrected chi connectivity index (χ1v) is 7.44. The van der Waals surface area contributed by atoms with Gasteiger partial charge in [0, 0.05) is 17.1 Å². The quantitative estimate of drug-likeness (QED) is 0.917. The van der Waals surface area contributed by atoms with Crippen LogP contribution < -0.4 is 5.32 Å². The molecule has 21 heavy (non-hydrogen) atoms. The van der Waals surface area contributed by atoms with E-state index in [1.54, 1.807) is 0 Å².